The summed E-state index contributed by atoms with van der Waals surface area (Å²) in [6.45, 7) is 3.72. The van der Waals surface area contributed by atoms with Gasteiger partial charge < -0.3 is 20.1 Å². The van der Waals surface area contributed by atoms with E-state index in [0.717, 1.165) is 52.8 Å². The second-order valence-electron chi connectivity index (χ2n) is 13.6. The molecule has 2 N–H and O–H groups in total. The lowest BCUT2D eigenvalue weighted by atomic mass is 9.71. The number of ether oxygens (including phenoxy) is 1. The largest absolute Gasteiger partial charge is 0.497 e. The van der Waals surface area contributed by atoms with E-state index in [-0.39, 0.29) is 18.9 Å². The van der Waals surface area contributed by atoms with E-state index in [1.807, 2.05) is 36.7 Å². The molecule has 0 spiro atoms. The molecular weight excluding hydrogens is 616 g/mol. The van der Waals surface area contributed by atoms with Crippen molar-refractivity contribution in [2.75, 3.05) is 13.7 Å². The monoisotopic (exact) mass is 666 g/mol. The average Bonchev–Trinajstić information content (AvgIpc) is 3.14. The van der Waals surface area contributed by atoms with Gasteiger partial charge in [0.25, 0.3) is 0 Å². The van der Waals surface area contributed by atoms with Crippen molar-refractivity contribution in [1.29, 1.82) is 0 Å². The molecular formula is C40H50N4O5. The van der Waals surface area contributed by atoms with Crippen molar-refractivity contribution in [2.24, 2.45) is 17.8 Å². The first-order valence-corrected chi connectivity index (χ1v) is 17.8. The molecule has 1 fully saturated rings. The van der Waals surface area contributed by atoms with E-state index >= 15 is 0 Å². The molecule has 9 nitrogen and oxygen atoms in total. The number of carbonyl (C=O) groups excluding carboxylic acids is 2. The van der Waals surface area contributed by atoms with Crippen LogP contribution in [0.3, 0.4) is 0 Å². The molecule has 0 radical (unpaired) electrons. The van der Waals surface area contributed by atoms with Crippen LogP contribution in [0.2, 0.25) is 0 Å². The zero-order valence-corrected chi connectivity index (χ0v) is 29.1. The summed E-state index contributed by atoms with van der Waals surface area (Å²) in [5.74, 6) is 2.04. The maximum atomic E-state index is 13.5. The number of nitrogens with one attached hydrogen (secondary N) is 1. The van der Waals surface area contributed by atoms with Crippen LogP contribution in [0.15, 0.2) is 67.0 Å². The normalized spacial score (nSPS) is 19.7. The Morgan fingerprint density at radius 3 is 2.14 bits per heavy atom. The van der Waals surface area contributed by atoms with E-state index in [4.69, 9.17) is 4.74 Å². The first-order valence-electron chi connectivity index (χ1n) is 17.8. The van der Waals surface area contributed by atoms with Gasteiger partial charge in [-0.2, -0.15) is 0 Å². The second-order valence-corrected chi connectivity index (χ2v) is 13.6. The Balaban J connectivity index is 1.17. The molecule has 1 saturated carbocycles. The summed E-state index contributed by atoms with van der Waals surface area (Å²) in [5, 5.41) is 12.4. The smallest absolute Gasteiger partial charge is 0.323 e. The number of rotatable bonds is 14. The van der Waals surface area contributed by atoms with Crippen LogP contribution in [0.4, 0.5) is 0 Å². The lowest BCUT2D eigenvalue weighted by Crippen LogP contribution is -2.49. The van der Waals surface area contributed by atoms with Gasteiger partial charge in [0.2, 0.25) is 11.8 Å². The van der Waals surface area contributed by atoms with Crippen molar-refractivity contribution in [2.45, 2.75) is 90.6 Å². The highest BCUT2D eigenvalue weighted by molar-refractivity contribution is 5.90. The number of methoxy groups -OCH3 is 1. The molecule has 49 heavy (non-hydrogen) atoms. The van der Waals surface area contributed by atoms with Crippen molar-refractivity contribution in [1.82, 2.24) is 20.2 Å². The van der Waals surface area contributed by atoms with Gasteiger partial charge in [0.1, 0.15) is 18.3 Å². The maximum Gasteiger partial charge on any atom is 0.323 e. The summed E-state index contributed by atoms with van der Waals surface area (Å²) < 4.78 is 5.16. The van der Waals surface area contributed by atoms with Gasteiger partial charge in [-0.3, -0.25) is 14.4 Å². The number of amides is 2. The Hall–Kier alpha value is -4.53. The van der Waals surface area contributed by atoms with Crippen molar-refractivity contribution < 1.29 is 24.2 Å². The average molecular weight is 667 g/mol. The first kappa shape index (κ1) is 35.8. The van der Waals surface area contributed by atoms with Gasteiger partial charge in [0.15, 0.2) is 5.82 Å². The first-order chi connectivity index (χ1) is 23.8. The molecule has 0 bridgehead atoms. The van der Waals surface area contributed by atoms with Crippen LogP contribution in [0, 0.1) is 17.8 Å². The fourth-order valence-corrected chi connectivity index (χ4v) is 7.34. The number of allylic oxidation sites excluding steroid dienone is 2. The van der Waals surface area contributed by atoms with Crippen LogP contribution in [0.1, 0.15) is 88.3 Å². The SMILES string of the molecule is CCC1CCC(C2CC=C(c3cnc(-c4ccc(CN(CC(=O)O)C(=O)[C@@H](CC)NC(=O)Cc5ccc(OC)cc5)cc4)nc3)CC2)CC1. The van der Waals surface area contributed by atoms with Crippen LogP contribution in [-0.4, -0.2) is 57.5 Å². The number of carboxylic acid groups (broad SMARTS) is 1. The number of carbonyl (C=O) groups is 3. The Bertz CT molecular complexity index is 1580. The van der Waals surface area contributed by atoms with Crippen LogP contribution in [-0.2, 0) is 27.3 Å². The third-order valence-electron chi connectivity index (χ3n) is 10.4. The molecule has 1 heterocycles. The Morgan fingerprint density at radius 2 is 1.57 bits per heavy atom. The van der Waals surface area contributed by atoms with Gasteiger partial charge in [0, 0.05) is 30.1 Å². The van der Waals surface area contributed by atoms with Gasteiger partial charge >= 0.3 is 5.97 Å². The van der Waals surface area contributed by atoms with E-state index in [1.165, 1.54) is 49.0 Å². The lowest BCUT2D eigenvalue weighted by Gasteiger charge is -2.35. The van der Waals surface area contributed by atoms with Gasteiger partial charge in [-0.1, -0.05) is 75.6 Å². The molecule has 0 saturated heterocycles. The van der Waals surface area contributed by atoms with Crippen molar-refractivity contribution in [3.8, 4) is 17.1 Å². The third-order valence-corrected chi connectivity index (χ3v) is 10.4. The Labute approximate surface area is 290 Å². The van der Waals surface area contributed by atoms with E-state index in [2.05, 4.69) is 28.3 Å². The standard InChI is InChI=1S/C40H50N4O5/c1-4-27-6-12-30(13-7-27)31-16-18-32(19-17-31)34-23-41-39(42-24-34)33-14-8-29(9-15-33)25-44(26-38(46)47)40(48)36(5-2)43-37(45)22-28-10-20-35(49-3)21-11-28/h8-11,14-15,18,20-21,23-24,27,30-31,36H,4-7,12-13,16-17,19,22,25-26H2,1-3H3,(H,43,45)(H,46,47)/t27?,30?,31?,36-/m1/s1. The molecule has 2 aliphatic carbocycles. The van der Waals surface area contributed by atoms with Crippen LogP contribution >= 0.6 is 0 Å². The van der Waals surface area contributed by atoms with Crippen molar-refractivity contribution in [3.63, 3.8) is 0 Å². The molecule has 2 aromatic carbocycles. The van der Waals surface area contributed by atoms with E-state index in [1.54, 1.807) is 38.3 Å². The highest BCUT2D eigenvalue weighted by atomic mass is 16.5. The number of benzene rings is 2. The number of aromatic nitrogens is 2. The summed E-state index contributed by atoms with van der Waals surface area (Å²) in [4.78, 5) is 48.6. The summed E-state index contributed by atoms with van der Waals surface area (Å²) in [6, 6.07) is 13.8. The molecule has 0 aliphatic heterocycles. The number of aliphatic carboxylic acids is 1. The molecule has 2 aliphatic rings. The molecule has 2 atom stereocenters. The van der Waals surface area contributed by atoms with Crippen LogP contribution in [0.25, 0.3) is 17.0 Å². The summed E-state index contributed by atoms with van der Waals surface area (Å²) >= 11 is 0. The van der Waals surface area contributed by atoms with E-state index in [0.29, 0.717) is 18.0 Å². The third kappa shape index (κ3) is 9.77. The molecule has 1 aromatic heterocycles. The fraction of sp³-hybridized carbons (Fsp3) is 0.475. The summed E-state index contributed by atoms with van der Waals surface area (Å²) in [7, 11) is 1.57. The second kappa shape index (κ2) is 17.2. The minimum absolute atomic E-state index is 0.0885. The Kier molecular flexibility index (Phi) is 12.6. The molecule has 3 aromatic rings. The van der Waals surface area contributed by atoms with Gasteiger partial charge in [-0.15, -0.1) is 0 Å². The highest BCUT2D eigenvalue weighted by Crippen LogP contribution is 2.41. The minimum atomic E-state index is -1.12. The number of carboxylic acids is 1. The molecule has 260 valence electrons. The minimum Gasteiger partial charge on any atom is -0.497 e. The van der Waals surface area contributed by atoms with Gasteiger partial charge in [0.05, 0.1) is 13.5 Å². The fourth-order valence-electron chi connectivity index (χ4n) is 7.34. The van der Waals surface area contributed by atoms with Gasteiger partial charge in [-0.25, -0.2) is 9.97 Å². The predicted octanol–water partition coefficient (Wildman–Crippen LogP) is 7.10. The number of nitrogens with zero attached hydrogens (tertiary/aromatic N) is 3. The number of hydrogen-bond donors (Lipinski definition) is 2. The van der Waals surface area contributed by atoms with E-state index in [9.17, 15) is 19.5 Å². The van der Waals surface area contributed by atoms with Gasteiger partial charge in [-0.05, 0) is 85.1 Å². The van der Waals surface area contributed by atoms with Crippen molar-refractivity contribution >= 4 is 23.4 Å². The zero-order valence-electron chi connectivity index (χ0n) is 29.1. The van der Waals surface area contributed by atoms with Crippen molar-refractivity contribution in [3.05, 3.63) is 83.7 Å². The van der Waals surface area contributed by atoms with E-state index < -0.39 is 24.5 Å². The predicted molar refractivity (Wildman–Crippen MR) is 190 cm³/mol. The van der Waals surface area contributed by atoms with Crippen LogP contribution < -0.4 is 10.1 Å². The molecule has 5 rings (SSSR count). The quantitative estimate of drug-likeness (QED) is 0.188. The summed E-state index contributed by atoms with van der Waals surface area (Å²) in [5.41, 5.74) is 4.80. The number of hydrogen-bond acceptors (Lipinski definition) is 6. The highest BCUT2D eigenvalue weighted by Gasteiger charge is 2.29. The molecule has 9 heteroatoms. The lowest BCUT2D eigenvalue weighted by molar-refractivity contribution is -0.146. The molecule has 1 unspecified atom stereocenters. The maximum absolute atomic E-state index is 13.5. The molecule has 2 amide bonds. The zero-order chi connectivity index (χ0) is 34.8. The summed E-state index contributed by atoms with van der Waals surface area (Å²) in [6.07, 6.45) is 17.0. The Morgan fingerprint density at radius 1 is 0.898 bits per heavy atom. The topological polar surface area (TPSA) is 122 Å². The van der Waals surface area contributed by atoms with Crippen LogP contribution in [0.5, 0.6) is 5.75 Å².